The molecule has 1 heterocycles. The van der Waals surface area contributed by atoms with Crippen molar-refractivity contribution in [1.29, 1.82) is 0 Å². The average Bonchev–Trinajstić information content (AvgIpc) is 3.22. The number of anilines is 1. The van der Waals surface area contributed by atoms with Crippen LogP contribution in [0.15, 0.2) is 47.4 Å². The molecular weight excluding hydrogens is 382 g/mol. The van der Waals surface area contributed by atoms with Gasteiger partial charge in [-0.15, -0.1) is 0 Å². The third-order valence-corrected chi connectivity index (χ3v) is 6.62. The molecule has 0 amide bonds. The number of hydrogen-bond acceptors (Lipinski definition) is 6. The molecule has 1 aliphatic heterocycles. The van der Waals surface area contributed by atoms with Crippen LogP contribution in [-0.4, -0.2) is 43.1 Å². The molecule has 1 saturated heterocycles. The number of non-ortho nitro benzene ring substituents is 1. The van der Waals surface area contributed by atoms with Gasteiger partial charge in [-0.2, -0.15) is 4.31 Å². The first-order valence-electron chi connectivity index (χ1n) is 8.91. The number of nitrogens with zero attached hydrogens (tertiary/aromatic N) is 2. The Hall–Kier alpha value is -2.78. The number of ketones is 1. The molecule has 9 heteroatoms. The lowest BCUT2D eigenvalue weighted by atomic mass is 10.1. The van der Waals surface area contributed by atoms with Gasteiger partial charge in [0, 0.05) is 36.5 Å². The highest BCUT2D eigenvalue weighted by Gasteiger charge is 2.27. The van der Waals surface area contributed by atoms with Gasteiger partial charge in [-0.25, -0.2) is 8.42 Å². The fraction of sp³-hybridized carbons (Fsp3) is 0.316. The van der Waals surface area contributed by atoms with Crippen molar-refractivity contribution in [1.82, 2.24) is 4.31 Å². The Morgan fingerprint density at radius 1 is 1.18 bits per heavy atom. The van der Waals surface area contributed by atoms with Gasteiger partial charge < -0.3 is 5.32 Å². The van der Waals surface area contributed by atoms with Crippen LogP contribution in [0.25, 0.3) is 0 Å². The van der Waals surface area contributed by atoms with Crippen molar-refractivity contribution >= 4 is 27.2 Å². The zero-order chi connectivity index (χ0) is 20.3. The van der Waals surface area contributed by atoms with Gasteiger partial charge in [0.25, 0.3) is 5.69 Å². The molecule has 0 aromatic heterocycles. The maximum absolute atomic E-state index is 12.7. The number of nitro benzene ring substituents is 1. The molecule has 0 saturated carbocycles. The molecule has 0 aliphatic carbocycles. The third-order valence-electron chi connectivity index (χ3n) is 4.73. The summed E-state index contributed by atoms with van der Waals surface area (Å²) < 4.78 is 26.8. The number of carbonyl (C=O) groups excluding carboxylic acids is 1. The largest absolute Gasteiger partial charge is 0.377 e. The highest BCUT2D eigenvalue weighted by atomic mass is 32.2. The highest BCUT2D eigenvalue weighted by molar-refractivity contribution is 7.89. The second kappa shape index (κ2) is 8.07. The number of hydrogen-bond donors (Lipinski definition) is 1. The summed E-state index contributed by atoms with van der Waals surface area (Å²) in [5.41, 5.74) is 1.46. The summed E-state index contributed by atoms with van der Waals surface area (Å²) in [6.45, 7) is 2.66. The van der Waals surface area contributed by atoms with E-state index >= 15 is 0 Å². The molecule has 1 aliphatic rings. The van der Waals surface area contributed by atoms with E-state index in [1.165, 1.54) is 28.6 Å². The van der Waals surface area contributed by atoms with Crippen LogP contribution in [0.3, 0.4) is 0 Å². The second-order valence-corrected chi connectivity index (χ2v) is 8.61. The van der Waals surface area contributed by atoms with Gasteiger partial charge in [0.15, 0.2) is 5.78 Å². The van der Waals surface area contributed by atoms with Gasteiger partial charge in [-0.1, -0.05) is 18.2 Å². The Morgan fingerprint density at radius 3 is 2.57 bits per heavy atom. The summed E-state index contributed by atoms with van der Waals surface area (Å²) in [5, 5.41) is 13.8. The quantitative estimate of drug-likeness (QED) is 0.432. The molecule has 1 fully saturated rings. The van der Waals surface area contributed by atoms with Crippen LogP contribution >= 0.6 is 0 Å². The molecule has 0 spiro atoms. The predicted octanol–water partition coefficient (Wildman–Crippen LogP) is 2.98. The standard InChI is InChI=1S/C19H21N3O5S/c1-14-7-8-16(22(24)25)12-18(14)20-13-19(23)15-5-4-6-17(11-15)28(26,27)21-9-2-3-10-21/h4-8,11-12,20H,2-3,9-10,13H2,1H3. The SMILES string of the molecule is Cc1ccc([N+](=O)[O-])cc1NCC(=O)c1cccc(S(=O)(=O)N2CCCC2)c1. The number of benzene rings is 2. The van der Waals surface area contributed by atoms with Gasteiger partial charge in [-0.3, -0.25) is 14.9 Å². The molecule has 8 nitrogen and oxygen atoms in total. The summed E-state index contributed by atoms with van der Waals surface area (Å²) >= 11 is 0. The Bertz CT molecular complexity index is 1010. The van der Waals surface area contributed by atoms with E-state index in [1.807, 2.05) is 0 Å². The lowest BCUT2D eigenvalue weighted by Crippen LogP contribution is -2.28. The minimum Gasteiger partial charge on any atom is -0.377 e. The predicted molar refractivity (Wildman–Crippen MR) is 105 cm³/mol. The van der Waals surface area contributed by atoms with Crippen LogP contribution in [0.2, 0.25) is 0 Å². The first-order chi connectivity index (χ1) is 13.3. The third kappa shape index (κ3) is 4.20. The number of carbonyl (C=O) groups is 1. The van der Waals surface area contributed by atoms with Crippen molar-refractivity contribution in [3.63, 3.8) is 0 Å². The summed E-state index contributed by atoms with van der Waals surface area (Å²) in [4.78, 5) is 23.1. The highest BCUT2D eigenvalue weighted by Crippen LogP contribution is 2.23. The zero-order valence-corrected chi connectivity index (χ0v) is 16.2. The number of rotatable bonds is 7. The first kappa shape index (κ1) is 20.0. The maximum atomic E-state index is 12.7. The zero-order valence-electron chi connectivity index (χ0n) is 15.4. The Balaban J connectivity index is 1.75. The van der Waals surface area contributed by atoms with Crippen molar-refractivity contribution in [2.75, 3.05) is 25.0 Å². The lowest BCUT2D eigenvalue weighted by Gasteiger charge is -2.16. The van der Waals surface area contributed by atoms with Gasteiger partial charge in [-0.05, 0) is 37.5 Å². The van der Waals surface area contributed by atoms with Crippen LogP contribution < -0.4 is 5.32 Å². The van der Waals surface area contributed by atoms with E-state index in [4.69, 9.17) is 0 Å². The number of nitrogens with one attached hydrogen (secondary N) is 1. The van der Waals surface area contributed by atoms with E-state index in [9.17, 15) is 23.3 Å². The maximum Gasteiger partial charge on any atom is 0.271 e. The van der Waals surface area contributed by atoms with Crippen molar-refractivity contribution in [2.24, 2.45) is 0 Å². The molecule has 148 valence electrons. The Morgan fingerprint density at radius 2 is 1.89 bits per heavy atom. The minimum absolute atomic E-state index is 0.0701. The molecule has 2 aromatic carbocycles. The van der Waals surface area contributed by atoms with E-state index in [1.54, 1.807) is 25.1 Å². The van der Waals surface area contributed by atoms with Gasteiger partial charge in [0.2, 0.25) is 10.0 Å². The summed E-state index contributed by atoms with van der Waals surface area (Å²) in [6, 6.07) is 10.4. The molecule has 28 heavy (non-hydrogen) atoms. The van der Waals surface area contributed by atoms with Crippen LogP contribution in [-0.2, 0) is 10.0 Å². The molecule has 0 unspecified atom stereocenters. The van der Waals surface area contributed by atoms with Crippen LogP contribution in [0.4, 0.5) is 11.4 Å². The van der Waals surface area contributed by atoms with Crippen molar-refractivity contribution in [2.45, 2.75) is 24.7 Å². The second-order valence-electron chi connectivity index (χ2n) is 6.67. The molecule has 0 bridgehead atoms. The number of sulfonamides is 1. The fourth-order valence-corrected chi connectivity index (χ4v) is 4.66. The van der Waals surface area contributed by atoms with Crippen molar-refractivity contribution in [3.8, 4) is 0 Å². The molecular formula is C19H21N3O5S. The van der Waals surface area contributed by atoms with Crippen molar-refractivity contribution < 1.29 is 18.1 Å². The van der Waals surface area contributed by atoms with Crippen LogP contribution in [0.1, 0.15) is 28.8 Å². The van der Waals surface area contributed by atoms with Gasteiger partial charge in [0.1, 0.15) is 0 Å². The topological polar surface area (TPSA) is 110 Å². The number of aryl methyl sites for hydroxylation is 1. The Kier molecular flexibility index (Phi) is 5.76. The van der Waals surface area contributed by atoms with Crippen LogP contribution in [0.5, 0.6) is 0 Å². The number of nitro groups is 1. The van der Waals surface area contributed by atoms with E-state index in [2.05, 4.69) is 5.32 Å². The normalized spacial score (nSPS) is 14.8. The first-order valence-corrected chi connectivity index (χ1v) is 10.4. The van der Waals surface area contributed by atoms with Gasteiger partial charge >= 0.3 is 0 Å². The monoisotopic (exact) mass is 403 g/mol. The van der Waals surface area contributed by atoms with Crippen LogP contribution in [0, 0.1) is 17.0 Å². The Labute approximate surface area is 163 Å². The smallest absolute Gasteiger partial charge is 0.271 e. The minimum atomic E-state index is -3.60. The van der Waals surface area contributed by atoms with E-state index in [0.29, 0.717) is 18.8 Å². The molecule has 3 rings (SSSR count). The van der Waals surface area contributed by atoms with Gasteiger partial charge in [0.05, 0.1) is 16.4 Å². The van der Waals surface area contributed by atoms with E-state index in [-0.39, 0.29) is 28.5 Å². The summed E-state index contributed by atoms with van der Waals surface area (Å²) in [7, 11) is -3.60. The number of Topliss-reactive ketones (excluding diaryl/α,β-unsaturated/α-hetero) is 1. The van der Waals surface area contributed by atoms with E-state index in [0.717, 1.165) is 18.4 Å². The summed E-state index contributed by atoms with van der Waals surface area (Å²) in [6.07, 6.45) is 1.68. The molecule has 0 radical (unpaired) electrons. The lowest BCUT2D eigenvalue weighted by molar-refractivity contribution is -0.384. The molecule has 2 aromatic rings. The molecule has 1 N–H and O–H groups in total. The average molecular weight is 403 g/mol. The molecule has 0 atom stereocenters. The van der Waals surface area contributed by atoms with E-state index < -0.39 is 14.9 Å². The summed E-state index contributed by atoms with van der Waals surface area (Å²) in [5.74, 6) is -0.302. The van der Waals surface area contributed by atoms with Crippen molar-refractivity contribution in [3.05, 3.63) is 63.7 Å². The fourth-order valence-electron chi connectivity index (χ4n) is 3.10.